The summed E-state index contributed by atoms with van der Waals surface area (Å²) in [7, 11) is 1.81. The van der Waals surface area contributed by atoms with Crippen molar-refractivity contribution in [3.63, 3.8) is 0 Å². The summed E-state index contributed by atoms with van der Waals surface area (Å²) in [5.74, 6) is 0.237. The zero-order valence-electron chi connectivity index (χ0n) is 9.74. The van der Waals surface area contributed by atoms with Gasteiger partial charge >= 0.3 is 0 Å². The lowest BCUT2D eigenvalue weighted by Crippen LogP contribution is -2.12. The molecule has 0 unspecified atom stereocenters. The van der Waals surface area contributed by atoms with Crippen LogP contribution in [-0.2, 0) is 6.42 Å². The molecular formula is C13H19N3. The molecule has 1 rings (SSSR count). The zero-order valence-corrected chi connectivity index (χ0v) is 9.74. The Kier molecular flexibility index (Phi) is 5.26. The van der Waals surface area contributed by atoms with Crippen LogP contribution in [0.3, 0.4) is 0 Å². The largest absolute Gasteiger partial charge is 0.388 e. The molecule has 3 nitrogen and oxygen atoms in total. The minimum atomic E-state index is 0.237. The summed E-state index contributed by atoms with van der Waals surface area (Å²) in [6.07, 6.45) is 3.37. The first-order valence-corrected chi connectivity index (χ1v) is 5.53. The summed E-state index contributed by atoms with van der Waals surface area (Å²) >= 11 is 0. The van der Waals surface area contributed by atoms with Crippen LogP contribution in [0.4, 0.5) is 0 Å². The maximum Gasteiger partial charge on any atom is 0.0909 e. The van der Waals surface area contributed by atoms with E-state index in [1.165, 1.54) is 5.56 Å². The molecule has 0 fully saturated rings. The van der Waals surface area contributed by atoms with Gasteiger partial charge in [-0.15, -0.1) is 0 Å². The number of nitrogens with two attached hydrogens (primary N) is 1. The highest BCUT2D eigenvalue weighted by molar-refractivity contribution is 5.89. The number of benzene rings is 1. The number of rotatable bonds is 6. The van der Waals surface area contributed by atoms with Crippen LogP contribution in [0.2, 0.25) is 0 Å². The van der Waals surface area contributed by atoms with Crippen molar-refractivity contribution in [3.05, 3.63) is 35.9 Å². The van der Waals surface area contributed by atoms with Crippen molar-refractivity contribution >= 4 is 11.5 Å². The Bertz CT molecular complexity index is 355. The molecular weight excluding hydrogens is 198 g/mol. The Balaban J connectivity index is 2.38. The van der Waals surface area contributed by atoms with Gasteiger partial charge in [-0.3, -0.25) is 10.4 Å². The predicted molar refractivity (Wildman–Crippen MR) is 69.3 cm³/mol. The molecule has 16 heavy (non-hydrogen) atoms. The SMILES string of the molecule is CN=C(CCC(=N)N)CCc1ccccc1. The van der Waals surface area contributed by atoms with Gasteiger partial charge in [0.05, 0.1) is 5.84 Å². The number of aliphatic imine (C=N–C) groups is 1. The van der Waals surface area contributed by atoms with Crippen molar-refractivity contribution in [1.82, 2.24) is 0 Å². The van der Waals surface area contributed by atoms with Crippen LogP contribution in [0.15, 0.2) is 35.3 Å². The molecule has 0 heterocycles. The molecule has 0 atom stereocenters. The molecule has 86 valence electrons. The van der Waals surface area contributed by atoms with Gasteiger partial charge in [-0.05, 0) is 24.8 Å². The first-order chi connectivity index (χ1) is 7.72. The van der Waals surface area contributed by atoms with Gasteiger partial charge < -0.3 is 5.73 Å². The molecule has 3 heteroatoms. The second-order valence-electron chi connectivity index (χ2n) is 3.80. The second-order valence-corrected chi connectivity index (χ2v) is 3.80. The quantitative estimate of drug-likeness (QED) is 0.558. The van der Waals surface area contributed by atoms with Crippen molar-refractivity contribution in [1.29, 1.82) is 5.41 Å². The summed E-state index contributed by atoms with van der Waals surface area (Å²) in [5, 5.41) is 7.18. The molecule has 0 saturated carbocycles. The Labute approximate surface area is 96.9 Å². The first-order valence-electron chi connectivity index (χ1n) is 5.53. The van der Waals surface area contributed by atoms with Gasteiger partial charge in [0.2, 0.25) is 0 Å². The van der Waals surface area contributed by atoms with Gasteiger partial charge in [0, 0.05) is 19.2 Å². The third-order valence-corrected chi connectivity index (χ3v) is 2.54. The van der Waals surface area contributed by atoms with E-state index in [-0.39, 0.29) is 5.84 Å². The Hall–Kier alpha value is -1.64. The number of nitrogens with one attached hydrogen (secondary N) is 1. The molecule has 0 aliphatic rings. The third-order valence-electron chi connectivity index (χ3n) is 2.54. The Morgan fingerprint density at radius 3 is 2.44 bits per heavy atom. The van der Waals surface area contributed by atoms with E-state index in [4.69, 9.17) is 11.1 Å². The van der Waals surface area contributed by atoms with Crippen molar-refractivity contribution < 1.29 is 0 Å². The summed E-state index contributed by atoms with van der Waals surface area (Å²) in [4.78, 5) is 4.24. The number of hydrogen-bond acceptors (Lipinski definition) is 2. The Morgan fingerprint density at radius 2 is 1.88 bits per heavy atom. The fraction of sp³-hybridized carbons (Fsp3) is 0.385. The first kappa shape index (κ1) is 12.4. The van der Waals surface area contributed by atoms with Crippen LogP contribution in [0.25, 0.3) is 0 Å². The molecule has 0 bridgehead atoms. The van der Waals surface area contributed by atoms with E-state index in [2.05, 4.69) is 17.1 Å². The van der Waals surface area contributed by atoms with Crippen molar-refractivity contribution in [2.24, 2.45) is 10.7 Å². The van der Waals surface area contributed by atoms with E-state index in [0.717, 1.165) is 25.0 Å². The normalized spacial score (nSPS) is 11.4. The number of amidine groups is 1. The molecule has 1 aromatic rings. The molecule has 0 aliphatic heterocycles. The van der Waals surface area contributed by atoms with Gasteiger partial charge in [-0.2, -0.15) is 0 Å². The summed E-state index contributed by atoms with van der Waals surface area (Å²) in [6.45, 7) is 0. The van der Waals surface area contributed by atoms with E-state index in [1.54, 1.807) is 7.05 Å². The second kappa shape index (κ2) is 6.77. The molecule has 0 saturated heterocycles. The van der Waals surface area contributed by atoms with Gasteiger partial charge in [-0.1, -0.05) is 30.3 Å². The maximum atomic E-state index is 7.18. The van der Waals surface area contributed by atoms with Crippen LogP contribution >= 0.6 is 0 Å². The Morgan fingerprint density at radius 1 is 1.19 bits per heavy atom. The van der Waals surface area contributed by atoms with Crippen LogP contribution in [0.1, 0.15) is 24.8 Å². The van der Waals surface area contributed by atoms with E-state index < -0.39 is 0 Å². The number of aryl methyl sites for hydroxylation is 1. The minimum absolute atomic E-state index is 0.237. The van der Waals surface area contributed by atoms with Crippen LogP contribution in [0.5, 0.6) is 0 Å². The van der Waals surface area contributed by atoms with E-state index >= 15 is 0 Å². The summed E-state index contributed by atoms with van der Waals surface area (Å²) in [5.41, 5.74) is 7.79. The van der Waals surface area contributed by atoms with E-state index in [1.807, 2.05) is 18.2 Å². The minimum Gasteiger partial charge on any atom is -0.388 e. The highest BCUT2D eigenvalue weighted by Crippen LogP contribution is 2.06. The molecule has 3 N–H and O–H groups in total. The number of nitrogens with zero attached hydrogens (tertiary/aromatic N) is 1. The fourth-order valence-electron chi connectivity index (χ4n) is 1.56. The average molecular weight is 217 g/mol. The fourth-order valence-corrected chi connectivity index (χ4v) is 1.56. The van der Waals surface area contributed by atoms with Crippen molar-refractivity contribution in [2.75, 3.05) is 7.05 Å². The summed E-state index contributed by atoms with van der Waals surface area (Å²) < 4.78 is 0. The lowest BCUT2D eigenvalue weighted by atomic mass is 10.0. The van der Waals surface area contributed by atoms with Gasteiger partial charge in [0.15, 0.2) is 0 Å². The lowest BCUT2D eigenvalue weighted by Gasteiger charge is -2.05. The molecule has 0 aliphatic carbocycles. The van der Waals surface area contributed by atoms with Gasteiger partial charge in [0.25, 0.3) is 0 Å². The standard InChI is InChI=1S/C13H19N3/c1-16-12(9-10-13(14)15)8-7-11-5-3-2-4-6-11/h2-6H,7-10H2,1H3,(H3,14,15). The average Bonchev–Trinajstić information content (AvgIpc) is 2.30. The predicted octanol–water partition coefficient (Wildman–Crippen LogP) is 2.41. The van der Waals surface area contributed by atoms with Crippen LogP contribution in [-0.4, -0.2) is 18.6 Å². The van der Waals surface area contributed by atoms with Gasteiger partial charge in [0.1, 0.15) is 0 Å². The lowest BCUT2D eigenvalue weighted by molar-refractivity contribution is 0.974. The van der Waals surface area contributed by atoms with Crippen molar-refractivity contribution in [3.8, 4) is 0 Å². The highest BCUT2D eigenvalue weighted by atomic mass is 14.7. The molecule has 0 radical (unpaired) electrons. The van der Waals surface area contributed by atoms with E-state index in [0.29, 0.717) is 6.42 Å². The number of hydrogen-bond donors (Lipinski definition) is 2. The molecule has 0 amide bonds. The topological polar surface area (TPSA) is 62.2 Å². The molecule has 1 aromatic carbocycles. The summed E-state index contributed by atoms with van der Waals surface area (Å²) in [6, 6.07) is 10.4. The van der Waals surface area contributed by atoms with E-state index in [9.17, 15) is 0 Å². The van der Waals surface area contributed by atoms with Crippen molar-refractivity contribution in [2.45, 2.75) is 25.7 Å². The van der Waals surface area contributed by atoms with Crippen LogP contribution < -0.4 is 5.73 Å². The smallest absolute Gasteiger partial charge is 0.0909 e. The third kappa shape index (κ3) is 4.73. The highest BCUT2D eigenvalue weighted by Gasteiger charge is 2.01. The van der Waals surface area contributed by atoms with Crippen LogP contribution in [0, 0.1) is 5.41 Å². The molecule has 0 spiro atoms. The van der Waals surface area contributed by atoms with Gasteiger partial charge in [-0.25, -0.2) is 0 Å². The maximum absolute atomic E-state index is 7.18. The zero-order chi connectivity index (χ0) is 11.8. The monoisotopic (exact) mass is 217 g/mol. The molecule has 0 aromatic heterocycles.